The van der Waals surface area contributed by atoms with Crippen LogP contribution in [0.15, 0.2) is 58.3 Å². The summed E-state index contributed by atoms with van der Waals surface area (Å²) < 4.78 is 62.8. The Labute approximate surface area is 227 Å². The van der Waals surface area contributed by atoms with Crippen LogP contribution in [0.1, 0.15) is 20.7 Å². The normalized spacial score (nSPS) is 11.2. The minimum absolute atomic E-state index is 0.0207. The number of carboxylic acids is 1. The summed E-state index contributed by atoms with van der Waals surface area (Å²) in [5, 5.41) is 20.9. The monoisotopic (exact) mass is 594 g/mol. The van der Waals surface area contributed by atoms with Gasteiger partial charge < -0.3 is 35.1 Å². The van der Waals surface area contributed by atoms with Crippen molar-refractivity contribution in [1.82, 2.24) is 5.32 Å². The third-order valence-corrected chi connectivity index (χ3v) is 6.41. The average Bonchev–Trinajstić information content (AvgIpc) is 2.90. The Bertz CT molecular complexity index is 1220. The maximum Gasteiger partial charge on any atom is 0.335 e. The lowest BCUT2D eigenvalue weighted by atomic mass is 10.2. The lowest BCUT2D eigenvalue weighted by Gasteiger charge is -2.14. The van der Waals surface area contributed by atoms with Crippen molar-refractivity contribution < 1.29 is 50.5 Å². The smallest absolute Gasteiger partial charge is 0.335 e. The highest BCUT2D eigenvalue weighted by molar-refractivity contribution is 7.89. The first-order valence-electron chi connectivity index (χ1n) is 10.7. The quantitative estimate of drug-likeness (QED) is 0.202. The van der Waals surface area contributed by atoms with Gasteiger partial charge in [0.25, 0.3) is 5.91 Å². The SMILES string of the molecule is COC(CN)OC.COC(CNC(=O)c1ccc(S(N)(=O)=O)cc1)OC.NS(=O)(=O)c1ccc(C(=O)O)cc1. The number of ether oxygens (including phenoxy) is 4. The van der Waals surface area contributed by atoms with Gasteiger partial charge in [-0.15, -0.1) is 0 Å². The number of sulfonamides is 2. The standard InChI is InChI=1S/C11H16N2O5S.C7H7NO4S.C4H11NO2/c1-17-10(18-2)7-13-11(14)8-3-5-9(6-4-8)19(12,15)16;8-13(11,12)6-3-1-5(2-4-6)7(9)10;1-6-4(3-5)7-2/h3-6,10H,7H2,1-2H3,(H,13,14)(H2,12,15,16);1-4H,(H,9,10)(H2,8,11,12);4H,3,5H2,1-2H3. The van der Waals surface area contributed by atoms with E-state index in [-0.39, 0.29) is 34.1 Å². The van der Waals surface area contributed by atoms with Crippen LogP contribution in [0.2, 0.25) is 0 Å². The van der Waals surface area contributed by atoms with Crippen LogP contribution in [0.5, 0.6) is 0 Å². The number of nitrogens with two attached hydrogens (primary N) is 3. The van der Waals surface area contributed by atoms with Crippen molar-refractivity contribution in [3.63, 3.8) is 0 Å². The van der Waals surface area contributed by atoms with Gasteiger partial charge >= 0.3 is 5.97 Å². The topological polar surface area (TPSA) is 250 Å². The van der Waals surface area contributed by atoms with Gasteiger partial charge in [0.1, 0.15) is 0 Å². The fraction of sp³-hybridized carbons (Fsp3) is 0.364. The van der Waals surface area contributed by atoms with Crippen LogP contribution >= 0.6 is 0 Å². The summed E-state index contributed by atoms with van der Waals surface area (Å²) in [5.41, 5.74) is 5.48. The number of carbonyl (C=O) groups excluding carboxylic acids is 1. The van der Waals surface area contributed by atoms with Gasteiger partial charge in [-0.1, -0.05) is 0 Å². The zero-order chi connectivity index (χ0) is 30.2. The average molecular weight is 595 g/mol. The first-order valence-corrected chi connectivity index (χ1v) is 13.8. The molecule has 2 aromatic carbocycles. The highest BCUT2D eigenvalue weighted by Gasteiger charge is 2.12. The van der Waals surface area contributed by atoms with Gasteiger partial charge in [-0.25, -0.2) is 31.9 Å². The molecule has 0 saturated heterocycles. The van der Waals surface area contributed by atoms with Crippen molar-refractivity contribution in [3.8, 4) is 0 Å². The number of carbonyl (C=O) groups is 2. The zero-order valence-electron chi connectivity index (χ0n) is 21.8. The molecule has 0 aliphatic heterocycles. The third-order valence-electron chi connectivity index (χ3n) is 4.55. The largest absolute Gasteiger partial charge is 0.478 e. The summed E-state index contributed by atoms with van der Waals surface area (Å²) in [7, 11) is -1.46. The highest BCUT2D eigenvalue weighted by atomic mass is 32.2. The molecule has 0 bridgehead atoms. The number of rotatable bonds is 11. The molecule has 0 fully saturated rings. The summed E-state index contributed by atoms with van der Waals surface area (Å²) >= 11 is 0. The van der Waals surface area contributed by atoms with E-state index in [4.69, 9.17) is 40.1 Å². The predicted octanol–water partition coefficient (Wildman–Crippen LogP) is -0.721. The molecule has 17 heteroatoms. The molecule has 0 aliphatic rings. The number of methoxy groups -OCH3 is 4. The van der Waals surface area contributed by atoms with E-state index in [9.17, 15) is 26.4 Å². The van der Waals surface area contributed by atoms with E-state index in [0.29, 0.717) is 12.1 Å². The summed E-state index contributed by atoms with van der Waals surface area (Å²) in [4.78, 5) is 22.0. The van der Waals surface area contributed by atoms with Crippen LogP contribution < -0.4 is 21.3 Å². The molecule has 0 atom stereocenters. The Morgan fingerprint density at radius 2 is 1.10 bits per heavy atom. The molecule has 0 aliphatic carbocycles. The maximum absolute atomic E-state index is 11.7. The molecule has 39 heavy (non-hydrogen) atoms. The van der Waals surface area contributed by atoms with Gasteiger partial charge in [0.15, 0.2) is 12.6 Å². The van der Waals surface area contributed by atoms with Gasteiger partial charge in [0, 0.05) is 40.5 Å². The van der Waals surface area contributed by atoms with E-state index in [1.165, 1.54) is 50.6 Å². The molecule has 0 spiro atoms. The Morgan fingerprint density at radius 1 is 0.744 bits per heavy atom. The van der Waals surface area contributed by atoms with Crippen molar-refractivity contribution in [2.75, 3.05) is 41.5 Å². The minimum atomic E-state index is -3.75. The summed E-state index contributed by atoms with van der Waals surface area (Å²) in [6.45, 7) is 0.593. The Morgan fingerprint density at radius 3 is 1.36 bits per heavy atom. The molecule has 220 valence electrons. The molecular weight excluding hydrogens is 560 g/mol. The molecular formula is C22H34N4O11S2. The highest BCUT2D eigenvalue weighted by Crippen LogP contribution is 2.09. The number of hydrogen-bond acceptors (Lipinski definition) is 11. The summed E-state index contributed by atoms with van der Waals surface area (Å²) in [6.07, 6.45) is -0.771. The number of primary sulfonamides is 2. The number of aromatic carboxylic acids is 1. The third kappa shape index (κ3) is 14.1. The van der Waals surface area contributed by atoms with Crippen LogP contribution in [0.4, 0.5) is 0 Å². The molecule has 0 aromatic heterocycles. The molecule has 0 saturated carbocycles. The fourth-order valence-corrected chi connectivity index (χ4v) is 3.44. The first-order chi connectivity index (χ1) is 18.1. The Kier molecular flexibility index (Phi) is 16.2. The van der Waals surface area contributed by atoms with Crippen molar-refractivity contribution in [2.24, 2.45) is 16.0 Å². The van der Waals surface area contributed by atoms with Crippen molar-refractivity contribution >= 4 is 31.9 Å². The van der Waals surface area contributed by atoms with E-state index in [0.717, 1.165) is 12.1 Å². The molecule has 15 nitrogen and oxygen atoms in total. The zero-order valence-corrected chi connectivity index (χ0v) is 23.4. The lowest BCUT2D eigenvalue weighted by molar-refractivity contribution is -0.0974. The van der Waals surface area contributed by atoms with Crippen LogP contribution in [-0.4, -0.2) is 87.9 Å². The van der Waals surface area contributed by atoms with E-state index in [1.54, 1.807) is 14.2 Å². The van der Waals surface area contributed by atoms with E-state index >= 15 is 0 Å². The molecule has 0 heterocycles. The second kappa shape index (κ2) is 17.6. The lowest BCUT2D eigenvalue weighted by Crippen LogP contribution is -2.34. The van der Waals surface area contributed by atoms with Crippen molar-refractivity contribution in [2.45, 2.75) is 22.4 Å². The van der Waals surface area contributed by atoms with Gasteiger partial charge in [0.2, 0.25) is 20.0 Å². The summed E-state index contributed by atoms with van der Waals surface area (Å²) in [5.74, 6) is -1.47. The number of carboxylic acid groups (broad SMARTS) is 1. The van der Waals surface area contributed by atoms with Crippen LogP contribution in [-0.2, 0) is 39.0 Å². The van der Waals surface area contributed by atoms with E-state index in [1.807, 2.05) is 0 Å². The van der Waals surface area contributed by atoms with E-state index < -0.39 is 32.3 Å². The first kappa shape index (κ1) is 36.0. The molecule has 2 rings (SSSR count). The Hall–Kier alpha value is -3.00. The van der Waals surface area contributed by atoms with Gasteiger partial charge in [-0.2, -0.15) is 0 Å². The number of benzene rings is 2. The summed E-state index contributed by atoms with van der Waals surface area (Å²) in [6, 6.07) is 9.97. The maximum atomic E-state index is 11.7. The van der Waals surface area contributed by atoms with Crippen LogP contribution in [0.3, 0.4) is 0 Å². The minimum Gasteiger partial charge on any atom is -0.478 e. The molecule has 0 radical (unpaired) electrons. The molecule has 0 unspecified atom stereocenters. The van der Waals surface area contributed by atoms with E-state index in [2.05, 4.69) is 5.32 Å². The van der Waals surface area contributed by atoms with Gasteiger partial charge in [-0.05, 0) is 48.5 Å². The molecule has 2 aromatic rings. The Balaban J connectivity index is 0.000000622. The van der Waals surface area contributed by atoms with Crippen molar-refractivity contribution in [3.05, 3.63) is 59.7 Å². The van der Waals surface area contributed by atoms with Gasteiger partial charge in [0.05, 0.1) is 21.9 Å². The predicted molar refractivity (Wildman–Crippen MR) is 140 cm³/mol. The second-order valence-corrected chi connectivity index (χ2v) is 10.3. The van der Waals surface area contributed by atoms with Crippen LogP contribution in [0, 0.1) is 0 Å². The second-order valence-electron chi connectivity index (χ2n) is 7.19. The number of amides is 1. The van der Waals surface area contributed by atoms with Crippen LogP contribution in [0.25, 0.3) is 0 Å². The van der Waals surface area contributed by atoms with Gasteiger partial charge in [-0.3, -0.25) is 4.79 Å². The molecule has 1 amide bonds. The number of nitrogens with one attached hydrogen (secondary N) is 1. The van der Waals surface area contributed by atoms with Crippen molar-refractivity contribution in [1.29, 1.82) is 0 Å². The fourth-order valence-electron chi connectivity index (χ4n) is 2.41. The molecule has 8 N–H and O–H groups in total. The number of hydrogen-bond donors (Lipinski definition) is 5.